The molecule has 0 spiro atoms. The van der Waals surface area contributed by atoms with E-state index in [0.29, 0.717) is 30.4 Å². The van der Waals surface area contributed by atoms with E-state index in [2.05, 4.69) is 20.1 Å². The summed E-state index contributed by atoms with van der Waals surface area (Å²) in [5.74, 6) is 1.05. The van der Waals surface area contributed by atoms with Crippen molar-refractivity contribution in [2.45, 2.75) is 38.6 Å². The number of hydrogen-bond donors (Lipinski definition) is 0. The van der Waals surface area contributed by atoms with Crippen LogP contribution in [0.1, 0.15) is 54.4 Å². The second-order valence-electron chi connectivity index (χ2n) is 5.00. The molecule has 1 atom stereocenters. The van der Waals surface area contributed by atoms with E-state index < -0.39 is 0 Å². The van der Waals surface area contributed by atoms with Gasteiger partial charge in [0.25, 0.3) is 5.91 Å². The largest absolute Gasteiger partial charge is 0.337 e. The van der Waals surface area contributed by atoms with E-state index in [1.54, 1.807) is 11.1 Å². The molecule has 0 unspecified atom stereocenters. The van der Waals surface area contributed by atoms with Gasteiger partial charge in [-0.15, -0.1) is 0 Å². The molecular weight excluding hydrogens is 270 g/mol. The first kappa shape index (κ1) is 13.7. The number of nitrogens with zero attached hydrogens (tertiary/aromatic N) is 5. The predicted octanol–water partition coefficient (Wildman–Crippen LogP) is 1.79. The van der Waals surface area contributed by atoms with Crippen LogP contribution in [0.2, 0.25) is 0 Å². The molecule has 1 aliphatic rings. The van der Waals surface area contributed by atoms with Gasteiger partial charge in [-0.05, 0) is 19.3 Å². The van der Waals surface area contributed by atoms with Gasteiger partial charge in [-0.25, -0.2) is 4.98 Å². The number of piperidine rings is 1. The first-order chi connectivity index (χ1) is 10.3. The van der Waals surface area contributed by atoms with E-state index in [9.17, 15) is 4.79 Å². The van der Waals surface area contributed by atoms with Crippen molar-refractivity contribution >= 4 is 5.91 Å². The van der Waals surface area contributed by atoms with E-state index in [4.69, 9.17) is 4.52 Å². The SMILES string of the molecule is CCc1noc([C@@H]2CCCCN2C(=O)c2cnccn2)n1. The lowest BCUT2D eigenvalue weighted by molar-refractivity contribution is 0.0555. The molecule has 110 valence electrons. The molecular formula is C14H17N5O2. The number of amides is 1. The van der Waals surface area contributed by atoms with E-state index in [1.165, 1.54) is 12.4 Å². The van der Waals surface area contributed by atoms with Gasteiger partial charge in [0.05, 0.1) is 6.20 Å². The van der Waals surface area contributed by atoms with Crippen LogP contribution in [0, 0.1) is 0 Å². The van der Waals surface area contributed by atoms with Crippen LogP contribution >= 0.6 is 0 Å². The molecule has 21 heavy (non-hydrogen) atoms. The van der Waals surface area contributed by atoms with Crippen LogP contribution in [0.3, 0.4) is 0 Å². The zero-order valence-corrected chi connectivity index (χ0v) is 11.9. The Morgan fingerprint density at radius 2 is 2.33 bits per heavy atom. The van der Waals surface area contributed by atoms with Crippen LogP contribution in [0.4, 0.5) is 0 Å². The summed E-state index contributed by atoms with van der Waals surface area (Å²) in [4.78, 5) is 26.8. The monoisotopic (exact) mass is 287 g/mol. The van der Waals surface area contributed by atoms with Gasteiger partial charge < -0.3 is 9.42 Å². The van der Waals surface area contributed by atoms with E-state index in [1.807, 2.05) is 6.92 Å². The van der Waals surface area contributed by atoms with Gasteiger partial charge in [-0.1, -0.05) is 12.1 Å². The molecule has 0 N–H and O–H groups in total. The molecule has 0 aliphatic carbocycles. The van der Waals surface area contributed by atoms with Crippen molar-refractivity contribution in [2.75, 3.05) is 6.54 Å². The summed E-state index contributed by atoms with van der Waals surface area (Å²) in [5.41, 5.74) is 0.347. The Balaban J connectivity index is 1.86. The van der Waals surface area contributed by atoms with Gasteiger partial charge in [-0.3, -0.25) is 9.78 Å². The van der Waals surface area contributed by atoms with Gasteiger partial charge in [0.15, 0.2) is 5.82 Å². The summed E-state index contributed by atoms with van der Waals surface area (Å²) >= 11 is 0. The van der Waals surface area contributed by atoms with Gasteiger partial charge in [0, 0.05) is 25.4 Å². The standard InChI is InChI=1S/C14H17N5O2/c1-2-12-17-13(21-18-12)11-5-3-4-8-19(11)14(20)10-9-15-6-7-16-10/h6-7,9,11H,2-5,8H2,1H3/t11-/m0/s1. The fraction of sp³-hybridized carbons (Fsp3) is 0.500. The molecule has 0 bridgehead atoms. The molecule has 1 fully saturated rings. The second kappa shape index (κ2) is 5.99. The summed E-state index contributed by atoms with van der Waals surface area (Å²) in [6.45, 7) is 2.64. The number of carbonyl (C=O) groups excluding carboxylic acids is 1. The lowest BCUT2D eigenvalue weighted by Crippen LogP contribution is -2.39. The Morgan fingerprint density at radius 1 is 1.43 bits per heavy atom. The molecule has 0 radical (unpaired) electrons. The summed E-state index contributed by atoms with van der Waals surface area (Å²) in [6.07, 6.45) is 8.12. The lowest BCUT2D eigenvalue weighted by Gasteiger charge is -2.33. The highest BCUT2D eigenvalue weighted by molar-refractivity contribution is 5.92. The zero-order valence-electron chi connectivity index (χ0n) is 11.9. The highest BCUT2D eigenvalue weighted by Gasteiger charge is 2.33. The second-order valence-corrected chi connectivity index (χ2v) is 5.00. The minimum atomic E-state index is -0.166. The van der Waals surface area contributed by atoms with E-state index in [-0.39, 0.29) is 11.9 Å². The Morgan fingerprint density at radius 3 is 3.05 bits per heavy atom. The zero-order chi connectivity index (χ0) is 14.7. The average molecular weight is 287 g/mol. The van der Waals surface area contributed by atoms with Crippen molar-refractivity contribution in [3.63, 3.8) is 0 Å². The minimum absolute atomic E-state index is 0.135. The smallest absolute Gasteiger partial charge is 0.274 e. The summed E-state index contributed by atoms with van der Waals surface area (Å²) < 4.78 is 5.32. The normalized spacial score (nSPS) is 18.7. The number of carbonyl (C=O) groups is 1. The maximum Gasteiger partial charge on any atom is 0.274 e. The molecule has 7 nitrogen and oxygen atoms in total. The third-order valence-corrected chi connectivity index (χ3v) is 3.63. The molecule has 3 rings (SSSR count). The van der Waals surface area contributed by atoms with Gasteiger partial charge in [-0.2, -0.15) is 4.98 Å². The topological polar surface area (TPSA) is 85.0 Å². The molecule has 1 amide bonds. The third kappa shape index (κ3) is 2.76. The molecule has 2 aromatic heterocycles. The third-order valence-electron chi connectivity index (χ3n) is 3.63. The van der Waals surface area contributed by atoms with Crippen LogP contribution in [-0.2, 0) is 6.42 Å². The van der Waals surface area contributed by atoms with E-state index in [0.717, 1.165) is 19.3 Å². The minimum Gasteiger partial charge on any atom is -0.337 e. The maximum absolute atomic E-state index is 12.6. The fourth-order valence-electron chi connectivity index (χ4n) is 2.53. The Kier molecular flexibility index (Phi) is 3.89. The quantitative estimate of drug-likeness (QED) is 0.855. The highest BCUT2D eigenvalue weighted by atomic mass is 16.5. The predicted molar refractivity (Wildman–Crippen MR) is 73.3 cm³/mol. The molecule has 3 heterocycles. The molecule has 1 saturated heterocycles. The first-order valence-electron chi connectivity index (χ1n) is 7.19. The van der Waals surface area contributed by atoms with Crippen molar-refractivity contribution in [3.05, 3.63) is 36.0 Å². The van der Waals surface area contributed by atoms with Crippen molar-refractivity contribution in [3.8, 4) is 0 Å². The fourth-order valence-corrected chi connectivity index (χ4v) is 2.53. The van der Waals surface area contributed by atoms with Gasteiger partial charge in [0.1, 0.15) is 11.7 Å². The number of rotatable bonds is 3. The summed E-state index contributed by atoms with van der Waals surface area (Å²) in [5, 5.41) is 3.92. The summed E-state index contributed by atoms with van der Waals surface area (Å²) in [7, 11) is 0. The van der Waals surface area contributed by atoms with Crippen LogP contribution in [-0.4, -0.2) is 37.5 Å². The molecule has 0 saturated carbocycles. The van der Waals surface area contributed by atoms with Crippen molar-refractivity contribution in [1.82, 2.24) is 25.0 Å². The van der Waals surface area contributed by atoms with Crippen LogP contribution in [0.5, 0.6) is 0 Å². The lowest BCUT2D eigenvalue weighted by atomic mass is 10.0. The van der Waals surface area contributed by atoms with Crippen molar-refractivity contribution in [1.29, 1.82) is 0 Å². The number of aromatic nitrogens is 4. The van der Waals surface area contributed by atoms with E-state index >= 15 is 0 Å². The molecule has 1 aliphatic heterocycles. The molecule has 2 aromatic rings. The molecule has 7 heteroatoms. The van der Waals surface area contributed by atoms with Crippen LogP contribution in [0.15, 0.2) is 23.1 Å². The number of aryl methyl sites for hydroxylation is 1. The molecule has 0 aromatic carbocycles. The van der Waals surface area contributed by atoms with Crippen LogP contribution < -0.4 is 0 Å². The maximum atomic E-state index is 12.6. The van der Waals surface area contributed by atoms with Crippen molar-refractivity contribution in [2.24, 2.45) is 0 Å². The Labute approximate surface area is 122 Å². The number of hydrogen-bond acceptors (Lipinski definition) is 6. The Bertz CT molecular complexity index is 613. The van der Waals surface area contributed by atoms with Gasteiger partial charge >= 0.3 is 0 Å². The summed E-state index contributed by atoms with van der Waals surface area (Å²) in [6, 6.07) is -0.166. The van der Waals surface area contributed by atoms with Crippen molar-refractivity contribution < 1.29 is 9.32 Å². The van der Waals surface area contributed by atoms with Crippen LogP contribution in [0.25, 0.3) is 0 Å². The average Bonchev–Trinajstić information content (AvgIpc) is 3.04. The highest BCUT2D eigenvalue weighted by Crippen LogP contribution is 2.30. The Hall–Kier alpha value is -2.31. The van der Waals surface area contributed by atoms with Gasteiger partial charge in [0.2, 0.25) is 5.89 Å². The first-order valence-corrected chi connectivity index (χ1v) is 7.19. The number of likely N-dealkylation sites (tertiary alicyclic amines) is 1.